The van der Waals surface area contributed by atoms with Crippen molar-refractivity contribution in [3.8, 4) is 11.5 Å². The van der Waals surface area contributed by atoms with Gasteiger partial charge >= 0.3 is 0 Å². The molecular weight excluding hydrogens is 265 g/mol. The van der Waals surface area contributed by atoms with Crippen LogP contribution >= 0.6 is 0 Å². The fourth-order valence-corrected chi connectivity index (χ4v) is 2.13. The second kappa shape index (κ2) is 5.86. The van der Waals surface area contributed by atoms with Crippen LogP contribution in [0.3, 0.4) is 0 Å². The Morgan fingerprint density at radius 2 is 1.67 bits per heavy atom. The number of ether oxygens (including phenoxy) is 1. The van der Waals surface area contributed by atoms with Crippen molar-refractivity contribution in [1.29, 1.82) is 0 Å². The molecule has 2 rings (SSSR count). The normalized spacial score (nSPS) is 13.0. The van der Waals surface area contributed by atoms with E-state index < -0.39 is 5.82 Å². The molecule has 1 atom stereocenters. The molecule has 0 spiro atoms. The van der Waals surface area contributed by atoms with Gasteiger partial charge in [-0.15, -0.1) is 0 Å². The Bertz CT molecular complexity index is 612. The number of rotatable bonds is 3. The summed E-state index contributed by atoms with van der Waals surface area (Å²) >= 11 is 0. The highest BCUT2D eigenvalue weighted by Crippen LogP contribution is 2.32. The molecule has 0 saturated heterocycles. The highest BCUT2D eigenvalue weighted by atomic mass is 19.1. The van der Waals surface area contributed by atoms with Crippen LogP contribution in [0.25, 0.3) is 0 Å². The van der Waals surface area contributed by atoms with E-state index in [1.54, 1.807) is 12.1 Å². The quantitative estimate of drug-likeness (QED) is 0.868. The van der Waals surface area contributed by atoms with Crippen molar-refractivity contribution in [3.05, 3.63) is 59.4 Å². The summed E-state index contributed by atoms with van der Waals surface area (Å²) in [6, 6.07) is 12.2. The van der Waals surface area contributed by atoms with Gasteiger partial charge in [-0.1, -0.05) is 45.0 Å². The number of hydrogen-bond donors (Lipinski definition) is 1. The zero-order chi connectivity index (χ0) is 15.6. The molecule has 21 heavy (non-hydrogen) atoms. The van der Waals surface area contributed by atoms with Crippen molar-refractivity contribution in [3.63, 3.8) is 0 Å². The fraction of sp³-hybridized carbons (Fsp3) is 0.333. The molecule has 2 N–H and O–H groups in total. The first-order valence-electron chi connectivity index (χ1n) is 7.11. The van der Waals surface area contributed by atoms with E-state index in [0.29, 0.717) is 11.3 Å². The van der Waals surface area contributed by atoms with Crippen molar-refractivity contribution >= 4 is 0 Å². The average molecular weight is 287 g/mol. The van der Waals surface area contributed by atoms with Crippen LogP contribution in [0.2, 0.25) is 0 Å². The Morgan fingerprint density at radius 1 is 1.05 bits per heavy atom. The smallest absolute Gasteiger partial charge is 0.167 e. The molecule has 0 bridgehead atoms. The molecule has 0 aliphatic heterocycles. The Morgan fingerprint density at radius 3 is 2.19 bits per heavy atom. The number of para-hydroxylation sites is 1. The van der Waals surface area contributed by atoms with E-state index in [-0.39, 0.29) is 17.2 Å². The van der Waals surface area contributed by atoms with Crippen molar-refractivity contribution < 1.29 is 9.13 Å². The molecule has 3 heteroatoms. The first kappa shape index (κ1) is 15.5. The van der Waals surface area contributed by atoms with Crippen molar-refractivity contribution in [2.45, 2.75) is 39.2 Å². The van der Waals surface area contributed by atoms with E-state index in [0.717, 1.165) is 0 Å². The topological polar surface area (TPSA) is 35.2 Å². The van der Waals surface area contributed by atoms with E-state index in [2.05, 4.69) is 20.8 Å². The Kier molecular flexibility index (Phi) is 4.33. The van der Waals surface area contributed by atoms with Gasteiger partial charge in [0, 0.05) is 11.6 Å². The van der Waals surface area contributed by atoms with Gasteiger partial charge in [0.15, 0.2) is 11.6 Å². The third-order valence-corrected chi connectivity index (χ3v) is 3.43. The maximum absolute atomic E-state index is 14.0. The minimum Gasteiger partial charge on any atom is -0.454 e. The van der Waals surface area contributed by atoms with E-state index in [1.807, 2.05) is 31.2 Å². The van der Waals surface area contributed by atoms with Crippen LogP contribution in [-0.4, -0.2) is 0 Å². The summed E-state index contributed by atoms with van der Waals surface area (Å²) in [6.07, 6.45) is 0. The fourth-order valence-electron chi connectivity index (χ4n) is 2.13. The van der Waals surface area contributed by atoms with Gasteiger partial charge in [0.25, 0.3) is 0 Å². The highest BCUT2D eigenvalue weighted by Gasteiger charge is 2.16. The SMILES string of the molecule is C[C@H](N)c1cccc(F)c1Oc1ccc(C(C)(C)C)cc1. The van der Waals surface area contributed by atoms with E-state index in [4.69, 9.17) is 10.5 Å². The molecule has 0 aliphatic carbocycles. The number of hydrogen-bond acceptors (Lipinski definition) is 2. The number of nitrogens with two attached hydrogens (primary N) is 1. The van der Waals surface area contributed by atoms with Crippen LogP contribution in [0, 0.1) is 5.82 Å². The van der Waals surface area contributed by atoms with Crippen LogP contribution in [-0.2, 0) is 5.41 Å². The molecule has 0 heterocycles. The van der Waals surface area contributed by atoms with Crippen LogP contribution in [0.1, 0.15) is 44.9 Å². The molecular formula is C18H22FNO. The maximum Gasteiger partial charge on any atom is 0.167 e. The van der Waals surface area contributed by atoms with E-state index >= 15 is 0 Å². The predicted octanol–water partition coefficient (Wildman–Crippen LogP) is 4.94. The summed E-state index contributed by atoms with van der Waals surface area (Å²) in [4.78, 5) is 0. The van der Waals surface area contributed by atoms with Crippen molar-refractivity contribution in [2.24, 2.45) is 5.73 Å². The molecule has 0 fully saturated rings. The van der Waals surface area contributed by atoms with Gasteiger partial charge in [0.2, 0.25) is 0 Å². The lowest BCUT2D eigenvalue weighted by molar-refractivity contribution is 0.432. The van der Waals surface area contributed by atoms with Gasteiger partial charge in [-0.25, -0.2) is 4.39 Å². The minimum absolute atomic E-state index is 0.0768. The van der Waals surface area contributed by atoms with E-state index in [9.17, 15) is 4.39 Å². The third-order valence-electron chi connectivity index (χ3n) is 3.43. The van der Waals surface area contributed by atoms with Crippen LogP contribution in [0.15, 0.2) is 42.5 Å². The molecule has 0 saturated carbocycles. The van der Waals surface area contributed by atoms with Crippen molar-refractivity contribution in [1.82, 2.24) is 0 Å². The standard InChI is InChI=1S/C18H22FNO/c1-12(20)15-6-5-7-16(19)17(15)21-14-10-8-13(9-11-14)18(2,3)4/h5-12H,20H2,1-4H3/t12-/m0/s1. The van der Waals surface area contributed by atoms with Gasteiger partial charge in [-0.3, -0.25) is 0 Å². The lowest BCUT2D eigenvalue weighted by atomic mass is 9.87. The second-order valence-electron chi connectivity index (χ2n) is 6.32. The number of halogens is 1. The largest absolute Gasteiger partial charge is 0.454 e. The molecule has 0 aromatic heterocycles. The Hall–Kier alpha value is -1.87. The third kappa shape index (κ3) is 3.61. The first-order valence-corrected chi connectivity index (χ1v) is 7.11. The summed E-state index contributed by atoms with van der Waals surface area (Å²) in [5, 5.41) is 0. The highest BCUT2D eigenvalue weighted by molar-refractivity contribution is 5.41. The molecule has 0 unspecified atom stereocenters. The molecule has 0 amide bonds. The lowest BCUT2D eigenvalue weighted by Gasteiger charge is -2.19. The molecule has 0 radical (unpaired) electrons. The first-order chi connectivity index (χ1) is 9.79. The zero-order valence-corrected chi connectivity index (χ0v) is 13.0. The molecule has 0 aliphatic rings. The summed E-state index contributed by atoms with van der Waals surface area (Å²) in [6.45, 7) is 8.25. The summed E-state index contributed by atoms with van der Waals surface area (Å²) in [7, 11) is 0. The van der Waals surface area contributed by atoms with Gasteiger partial charge in [-0.05, 0) is 36.1 Å². The van der Waals surface area contributed by atoms with Gasteiger partial charge in [0.1, 0.15) is 5.75 Å². The van der Waals surface area contributed by atoms with E-state index in [1.165, 1.54) is 11.6 Å². The average Bonchev–Trinajstić information content (AvgIpc) is 2.40. The van der Waals surface area contributed by atoms with Crippen LogP contribution in [0.5, 0.6) is 11.5 Å². The summed E-state index contributed by atoms with van der Waals surface area (Å²) in [5.74, 6) is 0.413. The van der Waals surface area contributed by atoms with Crippen LogP contribution in [0.4, 0.5) is 4.39 Å². The number of benzene rings is 2. The molecule has 112 valence electrons. The van der Waals surface area contributed by atoms with Crippen LogP contribution < -0.4 is 10.5 Å². The van der Waals surface area contributed by atoms with Gasteiger partial charge in [0.05, 0.1) is 0 Å². The monoisotopic (exact) mass is 287 g/mol. The van der Waals surface area contributed by atoms with Gasteiger partial charge < -0.3 is 10.5 Å². The summed E-state index contributed by atoms with van der Waals surface area (Å²) < 4.78 is 19.7. The molecule has 2 nitrogen and oxygen atoms in total. The van der Waals surface area contributed by atoms with Crippen molar-refractivity contribution in [2.75, 3.05) is 0 Å². The molecule has 2 aromatic rings. The summed E-state index contributed by atoms with van der Waals surface area (Å²) in [5.41, 5.74) is 7.81. The van der Waals surface area contributed by atoms with Gasteiger partial charge in [-0.2, -0.15) is 0 Å². The maximum atomic E-state index is 14.0. The molecule has 2 aromatic carbocycles. The zero-order valence-electron chi connectivity index (χ0n) is 13.0. The Labute approximate surface area is 125 Å². The Balaban J connectivity index is 2.31. The minimum atomic E-state index is -0.398. The second-order valence-corrected chi connectivity index (χ2v) is 6.32. The lowest BCUT2D eigenvalue weighted by Crippen LogP contribution is -2.10. The predicted molar refractivity (Wildman–Crippen MR) is 84.2 cm³/mol.